The van der Waals surface area contributed by atoms with E-state index in [1.54, 1.807) is 11.3 Å². The minimum absolute atomic E-state index is 0.00988. The molecule has 0 radical (unpaired) electrons. The summed E-state index contributed by atoms with van der Waals surface area (Å²) in [7, 11) is 0. The number of thiophene rings is 1. The molecule has 6 heteroatoms. The van der Waals surface area contributed by atoms with Crippen molar-refractivity contribution in [2.45, 2.75) is 12.8 Å². The highest BCUT2D eigenvalue weighted by molar-refractivity contribution is 7.21. The molecule has 4 rings (SSSR count). The van der Waals surface area contributed by atoms with Crippen molar-refractivity contribution in [3.8, 4) is 0 Å². The zero-order chi connectivity index (χ0) is 17.6. The summed E-state index contributed by atoms with van der Waals surface area (Å²) in [5.41, 5.74) is 7.34. The van der Waals surface area contributed by atoms with E-state index in [4.69, 9.17) is 11.1 Å². The molecule has 0 aliphatic heterocycles. The SMILES string of the molecule is Nc1cc(F)c(NC(=O)C2CC2)cc1C(=[NH2+])c1cc2ccccc2s1. The van der Waals surface area contributed by atoms with Crippen LogP contribution in [0.5, 0.6) is 0 Å². The number of halogens is 1. The number of fused-ring (bicyclic) bond motifs is 1. The molecule has 1 aliphatic carbocycles. The molecule has 0 atom stereocenters. The molecule has 1 amide bonds. The smallest absolute Gasteiger partial charge is 0.227 e. The van der Waals surface area contributed by atoms with E-state index in [0.717, 1.165) is 27.8 Å². The molecule has 3 aromatic rings. The number of rotatable bonds is 4. The first-order chi connectivity index (χ1) is 12.0. The Kier molecular flexibility index (Phi) is 3.77. The van der Waals surface area contributed by atoms with Crippen molar-refractivity contribution in [1.29, 1.82) is 0 Å². The van der Waals surface area contributed by atoms with Gasteiger partial charge in [0, 0.05) is 16.3 Å². The number of nitrogens with one attached hydrogen (secondary N) is 1. The lowest BCUT2D eigenvalue weighted by atomic mass is 10.0. The lowest BCUT2D eigenvalue weighted by molar-refractivity contribution is -0.117. The summed E-state index contributed by atoms with van der Waals surface area (Å²) in [5, 5.41) is 10.0. The molecule has 1 heterocycles. The van der Waals surface area contributed by atoms with Gasteiger partial charge in [-0.2, -0.15) is 0 Å². The van der Waals surface area contributed by atoms with Crippen LogP contribution < -0.4 is 16.5 Å². The molecule has 0 spiro atoms. The Hall–Kier alpha value is -2.73. The van der Waals surface area contributed by atoms with Crippen molar-refractivity contribution in [3.63, 3.8) is 0 Å². The molecule has 4 nitrogen and oxygen atoms in total. The predicted octanol–water partition coefficient (Wildman–Crippen LogP) is 2.57. The molecule has 5 N–H and O–H groups in total. The summed E-state index contributed by atoms with van der Waals surface area (Å²) < 4.78 is 15.3. The maximum absolute atomic E-state index is 14.2. The fourth-order valence-electron chi connectivity index (χ4n) is 2.75. The molecule has 1 aromatic heterocycles. The van der Waals surface area contributed by atoms with Gasteiger partial charge in [-0.3, -0.25) is 10.2 Å². The van der Waals surface area contributed by atoms with Gasteiger partial charge in [0.05, 0.1) is 16.1 Å². The molecule has 2 aromatic carbocycles. The first-order valence-electron chi connectivity index (χ1n) is 8.04. The van der Waals surface area contributed by atoms with E-state index >= 15 is 0 Å². The highest BCUT2D eigenvalue weighted by Crippen LogP contribution is 2.32. The molecule has 25 heavy (non-hydrogen) atoms. The largest absolute Gasteiger partial charge is 0.398 e. The summed E-state index contributed by atoms with van der Waals surface area (Å²) >= 11 is 1.55. The highest BCUT2D eigenvalue weighted by Gasteiger charge is 2.30. The number of carbonyl (C=O) groups excluding carboxylic acids is 1. The van der Waals surface area contributed by atoms with Crippen LogP contribution in [0, 0.1) is 11.7 Å². The third-order valence-electron chi connectivity index (χ3n) is 4.33. The van der Waals surface area contributed by atoms with Gasteiger partial charge >= 0.3 is 0 Å². The number of hydrogen-bond donors (Lipinski definition) is 3. The fourth-order valence-corrected chi connectivity index (χ4v) is 3.78. The number of anilines is 2. The Morgan fingerprint density at radius 2 is 2.00 bits per heavy atom. The van der Waals surface area contributed by atoms with Crippen LogP contribution in [-0.4, -0.2) is 11.6 Å². The van der Waals surface area contributed by atoms with Crippen LogP contribution in [0.15, 0.2) is 42.5 Å². The first kappa shape index (κ1) is 15.8. The molecular formula is C19H17FN3OS+. The standard InChI is InChI=1S/C19H16FN3OS/c20-13-9-14(21)12(8-15(13)23-19(24)10-5-6-10)18(22)17-7-11-3-1-2-4-16(11)25-17/h1-4,7-10,22H,5-6,21H2,(H,23,24)/p+1. The molecule has 1 saturated carbocycles. The van der Waals surface area contributed by atoms with Gasteiger partial charge < -0.3 is 11.1 Å². The second-order valence-electron chi connectivity index (χ2n) is 6.24. The van der Waals surface area contributed by atoms with Gasteiger partial charge in [0.25, 0.3) is 0 Å². The number of nitrogen functional groups attached to an aromatic ring is 1. The van der Waals surface area contributed by atoms with Crippen molar-refractivity contribution in [2.75, 3.05) is 11.1 Å². The van der Waals surface area contributed by atoms with Gasteiger partial charge in [0.1, 0.15) is 5.82 Å². The summed E-state index contributed by atoms with van der Waals surface area (Å²) in [6.07, 6.45) is 1.71. The van der Waals surface area contributed by atoms with E-state index < -0.39 is 5.82 Å². The number of amides is 1. The maximum Gasteiger partial charge on any atom is 0.227 e. The van der Waals surface area contributed by atoms with E-state index in [0.29, 0.717) is 11.3 Å². The normalized spacial score (nSPS) is 13.8. The number of hydrogen-bond acceptors (Lipinski definition) is 3. The molecule has 1 fully saturated rings. The van der Waals surface area contributed by atoms with Gasteiger partial charge in [0.15, 0.2) is 0 Å². The van der Waals surface area contributed by atoms with Crippen LogP contribution in [0.25, 0.3) is 10.1 Å². The van der Waals surface area contributed by atoms with Crippen molar-refractivity contribution in [1.82, 2.24) is 0 Å². The molecule has 0 bridgehead atoms. The zero-order valence-electron chi connectivity index (χ0n) is 13.4. The minimum Gasteiger partial charge on any atom is -0.398 e. The molecular weight excluding hydrogens is 337 g/mol. The summed E-state index contributed by atoms with van der Waals surface area (Å²) in [5.74, 6) is -0.723. The maximum atomic E-state index is 14.2. The molecule has 126 valence electrons. The Morgan fingerprint density at radius 1 is 1.24 bits per heavy atom. The Bertz CT molecular complexity index is 974. The quantitative estimate of drug-likeness (QED) is 0.497. The topological polar surface area (TPSA) is 80.7 Å². The van der Waals surface area contributed by atoms with Crippen LogP contribution in [-0.2, 0) is 4.79 Å². The highest BCUT2D eigenvalue weighted by atomic mass is 32.1. The van der Waals surface area contributed by atoms with E-state index in [9.17, 15) is 9.18 Å². The van der Waals surface area contributed by atoms with E-state index in [1.807, 2.05) is 30.3 Å². The van der Waals surface area contributed by atoms with E-state index in [-0.39, 0.29) is 23.2 Å². The third-order valence-corrected chi connectivity index (χ3v) is 5.48. The van der Waals surface area contributed by atoms with Crippen molar-refractivity contribution in [2.24, 2.45) is 5.92 Å². The van der Waals surface area contributed by atoms with Crippen LogP contribution >= 0.6 is 11.3 Å². The van der Waals surface area contributed by atoms with Gasteiger partial charge in [-0.15, -0.1) is 11.3 Å². The van der Waals surface area contributed by atoms with Crippen molar-refractivity contribution in [3.05, 3.63) is 58.7 Å². The van der Waals surface area contributed by atoms with Crippen molar-refractivity contribution >= 4 is 44.4 Å². The fraction of sp³-hybridized carbons (Fsp3) is 0.158. The van der Waals surface area contributed by atoms with E-state index in [2.05, 4.69) is 5.32 Å². The average molecular weight is 354 g/mol. The van der Waals surface area contributed by atoms with Gasteiger partial charge in [-0.05, 0) is 42.5 Å². The van der Waals surface area contributed by atoms with Crippen LogP contribution in [0.4, 0.5) is 15.8 Å². The second-order valence-corrected chi connectivity index (χ2v) is 7.33. The van der Waals surface area contributed by atoms with Crippen LogP contribution in [0.2, 0.25) is 0 Å². The monoisotopic (exact) mass is 354 g/mol. The Morgan fingerprint density at radius 3 is 2.72 bits per heavy atom. The van der Waals surface area contributed by atoms with Crippen LogP contribution in [0.3, 0.4) is 0 Å². The number of benzene rings is 2. The third kappa shape index (κ3) is 3.00. The lowest BCUT2D eigenvalue weighted by Gasteiger charge is -2.09. The molecule has 0 unspecified atom stereocenters. The average Bonchev–Trinajstić information content (AvgIpc) is 3.35. The summed E-state index contributed by atoms with van der Waals surface area (Å²) in [4.78, 5) is 12.8. The summed E-state index contributed by atoms with van der Waals surface area (Å²) in [6.45, 7) is 0. The number of nitrogens with two attached hydrogens (primary N) is 2. The zero-order valence-corrected chi connectivity index (χ0v) is 14.2. The van der Waals surface area contributed by atoms with E-state index in [1.165, 1.54) is 12.1 Å². The Balaban J connectivity index is 1.70. The predicted molar refractivity (Wildman–Crippen MR) is 99.1 cm³/mol. The van der Waals surface area contributed by atoms with Crippen molar-refractivity contribution < 1.29 is 14.6 Å². The van der Waals surface area contributed by atoms with Gasteiger partial charge in [-0.25, -0.2) is 4.39 Å². The lowest BCUT2D eigenvalue weighted by Crippen LogP contribution is -2.41. The number of carbonyl (C=O) groups is 1. The first-order valence-corrected chi connectivity index (χ1v) is 8.86. The van der Waals surface area contributed by atoms with Crippen LogP contribution in [0.1, 0.15) is 23.3 Å². The minimum atomic E-state index is -0.556. The Labute approximate surface area is 148 Å². The van der Waals surface area contributed by atoms with Gasteiger partial charge in [-0.1, -0.05) is 18.2 Å². The van der Waals surface area contributed by atoms with Gasteiger partial charge in [0.2, 0.25) is 11.6 Å². The molecule has 1 aliphatic rings. The summed E-state index contributed by atoms with van der Waals surface area (Å²) in [6, 6.07) is 12.7. The second kappa shape index (κ2) is 5.97. The molecule has 0 saturated heterocycles.